The number of carbonyl (C=O) groups is 1. The van der Waals surface area contributed by atoms with Gasteiger partial charge in [-0.1, -0.05) is 23.7 Å². The summed E-state index contributed by atoms with van der Waals surface area (Å²) < 4.78 is 27.4. The Balaban J connectivity index is 1.45. The van der Waals surface area contributed by atoms with Gasteiger partial charge in [0.25, 0.3) is 5.91 Å². The molecule has 0 unspecified atom stereocenters. The van der Waals surface area contributed by atoms with Gasteiger partial charge < -0.3 is 20.4 Å². The van der Waals surface area contributed by atoms with E-state index in [1.54, 1.807) is 31.3 Å². The summed E-state index contributed by atoms with van der Waals surface area (Å²) in [7, 11) is 1.68. The number of nitrogens with zero attached hydrogens (tertiary/aromatic N) is 3. The Morgan fingerprint density at radius 3 is 2.47 bits per heavy atom. The molecule has 1 aliphatic rings. The Labute approximate surface area is 179 Å². The highest BCUT2D eigenvalue weighted by atomic mass is 35.5. The average molecular weight is 436 g/mol. The molecule has 0 spiro atoms. The Bertz CT molecular complexity index is 916. The minimum Gasteiger partial charge on any atom is -0.366 e. The molecule has 0 bridgehead atoms. The minimum absolute atomic E-state index is 0.233. The van der Waals surface area contributed by atoms with Crippen LogP contribution < -0.4 is 15.5 Å². The molecular weight excluding hydrogens is 412 g/mol. The first kappa shape index (κ1) is 21.8. The number of aliphatic imine (C=N–C) groups is 1. The first-order valence-electron chi connectivity index (χ1n) is 9.68. The molecule has 1 heterocycles. The van der Waals surface area contributed by atoms with Crippen molar-refractivity contribution in [3.63, 3.8) is 0 Å². The van der Waals surface area contributed by atoms with E-state index in [0.717, 1.165) is 12.1 Å². The predicted octanol–water partition coefficient (Wildman–Crippen LogP) is 2.75. The number of rotatable bonds is 5. The van der Waals surface area contributed by atoms with Crippen LogP contribution in [0, 0.1) is 11.6 Å². The second-order valence-corrected chi connectivity index (χ2v) is 7.19. The van der Waals surface area contributed by atoms with Gasteiger partial charge in [-0.15, -0.1) is 0 Å². The zero-order valence-corrected chi connectivity index (χ0v) is 17.4. The molecule has 0 radical (unpaired) electrons. The number of carbonyl (C=O) groups excluding carboxylic acids is 1. The van der Waals surface area contributed by atoms with E-state index in [-0.39, 0.29) is 11.6 Å². The Kier molecular flexibility index (Phi) is 7.46. The fourth-order valence-electron chi connectivity index (χ4n) is 3.31. The van der Waals surface area contributed by atoms with Crippen LogP contribution in [0.15, 0.2) is 47.5 Å². The first-order valence-corrected chi connectivity index (χ1v) is 10.1. The summed E-state index contributed by atoms with van der Waals surface area (Å²) >= 11 is 6.03. The highest BCUT2D eigenvalue weighted by molar-refractivity contribution is 6.33. The van der Waals surface area contributed by atoms with E-state index >= 15 is 0 Å². The Morgan fingerprint density at radius 1 is 1.07 bits per heavy atom. The molecule has 0 atom stereocenters. The Morgan fingerprint density at radius 2 is 1.77 bits per heavy atom. The number of benzene rings is 2. The van der Waals surface area contributed by atoms with Crippen molar-refractivity contribution in [1.82, 2.24) is 15.5 Å². The maximum absolute atomic E-state index is 14.0. The van der Waals surface area contributed by atoms with Gasteiger partial charge in [-0.3, -0.25) is 9.79 Å². The van der Waals surface area contributed by atoms with Crippen molar-refractivity contribution in [3.8, 4) is 0 Å². The minimum atomic E-state index is -0.454. The summed E-state index contributed by atoms with van der Waals surface area (Å²) in [5, 5.41) is 6.44. The van der Waals surface area contributed by atoms with Gasteiger partial charge >= 0.3 is 0 Å². The number of amides is 1. The number of piperazine rings is 1. The molecule has 2 N–H and O–H groups in total. The normalized spacial score (nSPS) is 14.6. The molecule has 1 aliphatic heterocycles. The molecule has 2 aromatic rings. The fraction of sp³-hybridized carbons (Fsp3) is 0.333. The quantitative estimate of drug-likeness (QED) is 0.431. The molecule has 160 valence electrons. The van der Waals surface area contributed by atoms with E-state index in [1.165, 1.54) is 6.07 Å². The van der Waals surface area contributed by atoms with Crippen molar-refractivity contribution in [2.24, 2.45) is 4.99 Å². The first-order chi connectivity index (χ1) is 14.5. The standard InChI is InChI=1S/C21H24ClF2N5O/c1-25-21(27-9-8-26-20(30)16-4-2-3-5-17(16)22)29-12-10-28(11-13-29)19-14-15(23)6-7-18(19)24/h2-7,14H,8-13H2,1H3,(H,25,27)(H,26,30). The van der Waals surface area contributed by atoms with Crippen LogP contribution in [0.25, 0.3) is 0 Å². The van der Waals surface area contributed by atoms with Crippen LogP contribution in [0.4, 0.5) is 14.5 Å². The van der Waals surface area contributed by atoms with Gasteiger partial charge in [-0.25, -0.2) is 8.78 Å². The maximum atomic E-state index is 14.0. The van der Waals surface area contributed by atoms with Crippen LogP contribution in [0.3, 0.4) is 0 Å². The largest absolute Gasteiger partial charge is 0.366 e. The number of halogens is 3. The number of guanidine groups is 1. The van der Waals surface area contributed by atoms with Gasteiger partial charge in [-0.2, -0.15) is 0 Å². The van der Waals surface area contributed by atoms with Crippen molar-refractivity contribution in [1.29, 1.82) is 0 Å². The van der Waals surface area contributed by atoms with E-state index in [9.17, 15) is 13.6 Å². The second kappa shape index (κ2) is 10.2. The van der Waals surface area contributed by atoms with Gasteiger partial charge in [0, 0.05) is 52.4 Å². The monoisotopic (exact) mass is 435 g/mol. The molecule has 1 saturated heterocycles. The third-order valence-corrected chi connectivity index (χ3v) is 5.18. The van der Waals surface area contributed by atoms with Gasteiger partial charge in [0.2, 0.25) is 0 Å². The molecule has 0 saturated carbocycles. The van der Waals surface area contributed by atoms with E-state index in [1.807, 2.05) is 9.80 Å². The topological polar surface area (TPSA) is 60.0 Å². The van der Waals surface area contributed by atoms with E-state index < -0.39 is 11.6 Å². The lowest BCUT2D eigenvalue weighted by Crippen LogP contribution is -2.53. The average Bonchev–Trinajstić information content (AvgIpc) is 2.76. The van der Waals surface area contributed by atoms with Crippen molar-refractivity contribution < 1.29 is 13.6 Å². The van der Waals surface area contributed by atoms with Crippen LogP contribution in [0.2, 0.25) is 5.02 Å². The molecule has 2 aromatic carbocycles. The van der Waals surface area contributed by atoms with Crippen molar-refractivity contribution >= 4 is 29.2 Å². The molecule has 30 heavy (non-hydrogen) atoms. The molecule has 1 fully saturated rings. The number of nitrogens with one attached hydrogen (secondary N) is 2. The lowest BCUT2D eigenvalue weighted by Gasteiger charge is -2.37. The van der Waals surface area contributed by atoms with Gasteiger partial charge in [-0.05, 0) is 24.3 Å². The lowest BCUT2D eigenvalue weighted by molar-refractivity contribution is 0.0954. The van der Waals surface area contributed by atoms with Gasteiger partial charge in [0.15, 0.2) is 5.96 Å². The summed E-state index contributed by atoms with van der Waals surface area (Å²) in [6.45, 7) is 3.21. The van der Waals surface area contributed by atoms with E-state index in [2.05, 4.69) is 15.6 Å². The van der Waals surface area contributed by atoms with E-state index in [0.29, 0.717) is 55.8 Å². The number of hydrogen-bond donors (Lipinski definition) is 2. The predicted molar refractivity (Wildman–Crippen MR) is 115 cm³/mol. The number of hydrogen-bond acceptors (Lipinski definition) is 3. The smallest absolute Gasteiger partial charge is 0.252 e. The van der Waals surface area contributed by atoms with Crippen LogP contribution in [-0.2, 0) is 0 Å². The summed E-state index contributed by atoms with van der Waals surface area (Å²) in [6.07, 6.45) is 0. The van der Waals surface area contributed by atoms with Crippen molar-refractivity contribution in [2.75, 3.05) is 51.2 Å². The third-order valence-electron chi connectivity index (χ3n) is 4.85. The van der Waals surface area contributed by atoms with Crippen LogP contribution >= 0.6 is 11.6 Å². The third kappa shape index (κ3) is 5.38. The molecule has 0 aliphatic carbocycles. The van der Waals surface area contributed by atoms with Crippen LogP contribution in [0.5, 0.6) is 0 Å². The maximum Gasteiger partial charge on any atom is 0.252 e. The molecule has 1 amide bonds. The zero-order valence-electron chi connectivity index (χ0n) is 16.7. The summed E-state index contributed by atoms with van der Waals surface area (Å²) in [6, 6.07) is 10.4. The summed E-state index contributed by atoms with van der Waals surface area (Å²) in [5.41, 5.74) is 0.712. The molecule has 0 aromatic heterocycles. The van der Waals surface area contributed by atoms with Crippen molar-refractivity contribution in [2.45, 2.75) is 0 Å². The molecular formula is C21H24ClF2N5O. The van der Waals surface area contributed by atoms with E-state index in [4.69, 9.17) is 11.6 Å². The Hall–Kier alpha value is -2.87. The van der Waals surface area contributed by atoms with Crippen LogP contribution in [0.1, 0.15) is 10.4 Å². The van der Waals surface area contributed by atoms with Gasteiger partial charge in [0.05, 0.1) is 16.3 Å². The highest BCUT2D eigenvalue weighted by Crippen LogP contribution is 2.22. The fourth-order valence-corrected chi connectivity index (χ4v) is 3.53. The second-order valence-electron chi connectivity index (χ2n) is 6.78. The lowest BCUT2D eigenvalue weighted by atomic mass is 10.2. The SMILES string of the molecule is CN=C(NCCNC(=O)c1ccccc1Cl)N1CCN(c2cc(F)ccc2F)CC1. The van der Waals surface area contributed by atoms with Crippen LogP contribution in [-0.4, -0.2) is 63.1 Å². The molecule has 6 nitrogen and oxygen atoms in total. The molecule has 9 heteroatoms. The summed E-state index contributed by atoms with van der Waals surface area (Å²) in [5.74, 6) is -0.420. The number of anilines is 1. The highest BCUT2D eigenvalue weighted by Gasteiger charge is 2.22. The van der Waals surface area contributed by atoms with Crippen molar-refractivity contribution in [3.05, 3.63) is 64.7 Å². The molecule has 3 rings (SSSR count). The zero-order chi connectivity index (χ0) is 21.5. The summed E-state index contributed by atoms with van der Waals surface area (Å²) in [4.78, 5) is 20.3. The van der Waals surface area contributed by atoms with Gasteiger partial charge in [0.1, 0.15) is 11.6 Å².